The monoisotopic (exact) mass is 274 g/mol. The minimum Gasteiger partial charge on any atom is -0.396 e. The van der Waals surface area contributed by atoms with Crippen molar-refractivity contribution in [1.29, 1.82) is 0 Å². The lowest BCUT2D eigenvalue weighted by molar-refractivity contribution is 0.164. The molecule has 2 atom stereocenters. The molecule has 1 aliphatic carbocycles. The summed E-state index contributed by atoms with van der Waals surface area (Å²) in [5, 5.41) is 9.10. The first-order valence-electron chi connectivity index (χ1n) is 6.99. The van der Waals surface area contributed by atoms with Crippen LogP contribution in [0, 0.1) is 11.8 Å². The Bertz CT molecular complexity index is 404. The van der Waals surface area contributed by atoms with Crippen LogP contribution in [-0.4, -0.2) is 54.4 Å². The van der Waals surface area contributed by atoms with Gasteiger partial charge in [0.05, 0.1) is 0 Å². The molecule has 3 aliphatic rings. The van der Waals surface area contributed by atoms with Crippen LogP contribution >= 0.6 is 0 Å². The van der Waals surface area contributed by atoms with E-state index >= 15 is 0 Å². The summed E-state index contributed by atoms with van der Waals surface area (Å²) in [6.45, 7) is 2.05. The van der Waals surface area contributed by atoms with E-state index in [1.807, 2.05) is 0 Å². The lowest BCUT2D eigenvalue weighted by Crippen LogP contribution is -2.49. The number of fused-ring (bicyclic) bond motifs is 2. The predicted molar refractivity (Wildman–Crippen MR) is 68.1 cm³/mol. The van der Waals surface area contributed by atoms with Gasteiger partial charge in [-0.3, -0.25) is 0 Å². The number of rotatable bonds is 3. The van der Waals surface area contributed by atoms with Gasteiger partial charge in [0, 0.05) is 32.3 Å². The Morgan fingerprint density at radius 2 is 1.83 bits per heavy atom. The molecule has 0 aromatic rings. The number of hydrogen-bond donors (Lipinski definition) is 1. The molecule has 3 rings (SSSR count). The van der Waals surface area contributed by atoms with E-state index in [1.54, 1.807) is 8.61 Å². The highest BCUT2D eigenvalue weighted by atomic mass is 32.2. The fourth-order valence-corrected chi connectivity index (χ4v) is 5.57. The van der Waals surface area contributed by atoms with Crippen molar-refractivity contribution >= 4 is 10.2 Å². The highest BCUT2D eigenvalue weighted by Crippen LogP contribution is 2.40. The molecule has 5 nitrogen and oxygen atoms in total. The van der Waals surface area contributed by atoms with Crippen LogP contribution in [0.1, 0.15) is 32.1 Å². The van der Waals surface area contributed by atoms with Crippen molar-refractivity contribution in [3.05, 3.63) is 0 Å². The lowest BCUT2D eigenvalue weighted by atomic mass is 10.00. The van der Waals surface area contributed by atoms with Gasteiger partial charge >= 0.3 is 0 Å². The van der Waals surface area contributed by atoms with Gasteiger partial charge in [-0.05, 0) is 43.9 Å². The van der Waals surface area contributed by atoms with Gasteiger partial charge in [-0.25, -0.2) is 0 Å². The summed E-state index contributed by atoms with van der Waals surface area (Å²) in [6.07, 6.45) is 4.88. The van der Waals surface area contributed by atoms with Crippen LogP contribution in [-0.2, 0) is 10.2 Å². The van der Waals surface area contributed by atoms with Crippen LogP contribution in [0.4, 0.5) is 0 Å². The first kappa shape index (κ1) is 12.8. The summed E-state index contributed by atoms with van der Waals surface area (Å²) in [7, 11) is -3.24. The van der Waals surface area contributed by atoms with Gasteiger partial charge in [0.25, 0.3) is 10.2 Å². The maximum atomic E-state index is 12.6. The van der Waals surface area contributed by atoms with E-state index in [4.69, 9.17) is 5.11 Å². The van der Waals surface area contributed by atoms with Crippen molar-refractivity contribution in [3.63, 3.8) is 0 Å². The maximum absolute atomic E-state index is 12.6. The average molecular weight is 274 g/mol. The quantitative estimate of drug-likeness (QED) is 0.811. The first-order chi connectivity index (χ1) is 8.61. The van der Waals surface area contributed by atoms with Crippen LogP contribution in [0.5, 0.6) is 0 Å². The van der Waals surface area contributed by atoms with E-state index in [-0.39, 0.29) is 18.6 Å². The zero-order valence-electron chi connectivity index (χ0n) is 10.7. The fraction of sp³-hybridized carbons (Fsp3) is 1.00. The number of aliphatic hydroxyl groups is 1. The Kier molecular flexibility index (Phi) is 3.38. The molecular weight excluding hydrogens is 252 g/mol. The smallest absolute Gasteiger partial charge is 0.282 e. The van der Waals surface area contributed by atoms with Gasteiger partial charge in [0.2, 0.25) is 0 Å². The molecule has 0 aromatic carbocycles. The Balaban J connectivity index is 1.68. The lowest BCUT2D eigenvalue weighted by Gasteiger charge is -2.36. The van der Waals surface area contributed by atoms with E-state index in [0.29, 0.717) is 19.0 Å². The SMILES string of the molecule is O=S(=O)(N1CCC(CO)CC1)N1CC2CCC1C2. The summed E-state index contributed by atoms with van der Waals surface area (Å²) in [5.74, 6) is 0.881. The Morgan fingerprint density at radius 3 is 2.33 bits per heavy atom. The number of nitrogens with zero attached hydrogens (tertiary/aromatic N) is 2. The third-order valence-electron chi connectivity index (χ3n) is 4.81. The molecule has 0 radical (unpaired) electrons. The molecule has 6 heteroatoms. The molecule has 2 heterocycles. The molecule has 2 bridgehead atoms. The van der Waals surface area contributed by atoms with Crippen LogP contribution in [0.15, 0.2) is 0 Å². The summed E-state index contributed by atoms with van der Waals surface area (Å²) < 4.78 is 28.5. The standard InChI is InChI=1S/C12H22N2O3S/c15-9-10-3-5-13(6-4-10)18(16,17)14-8-11-1-2-12(14)7-11/h10-12,15H,1-9H2. The minimum atomic E-state index is -3.24. The van der Waals surface area contributed by atoms with Crippen molar-refractivity contribution in [2.75, 3.05) is 26.2 Å². The van der Waals surface area contributed by atoms with Crippen molar-refractivity contribution in [1.82, 2.24) is 8.61 Å². The van der Waals surface area contributed by atoms with Crippen LogP contribution in [0.3, 0.4) is 0 Å². The second-order valence-electron chi connectivity index (χ2n) is 5.94. The number of piperidine rings is 2. The Morgan fingerprint density at radius 1 is 1.11 bits per heavy atom. The largest absolute Gasteiger partial charge is 0.396 e. The molecule has 0 amide bonds. The van der Waals surface area contributed by atoms with Gasteiger partial charge in [0.1, 0.15) is 0 Å². The van der Waals surface area contributed by atoms with E-state index in [1.165, 1.54) is 6.42 Å². The van der Waals surface area contributed by atoms with Crippen molar-refractivity contribution < 1.29 is 13.5 Å². The summed E-state index contributed by atoms with van der Waals surface area (Å²) in [6, 6.07) is 0.260. The average Bonchev–Trinajstić information content (AvgIpc) is 3.01. The molecule has 0 spiro atoms. The van der Waals surface area contributed by atoms with E-state index < -0.39 is 10.2 Å². The highest BCUT2D eigenvalue weighted by molar-refractivity contribution is 7.86. The molecule has 104 valence electrons. The molecule has 2 unspecified atom stereocenters. The normalized spacial score (nSPS) is 35.4. The van der Waals surface area contributed by atoms with Crippen molar-refractivity contribution in [3.8, 4) is 0 Å². The zero-order chi connectivity index (χ0) is 12.8. The van der Waals surface area contributed by atoms with E-state index in [0.717, 1.165) is 32.2 Å². The summed E-state index contributed by atoms with van der Waals surface area (Å²) >= 11 is 0. The van der Waals surface area contributed by atoms with Crippen LogP contribution in [0.2, 0.25) is 0 Å². The van der Waals surface area contributed by atoms with E-state index in [2.05, 4.69) is 0 Å². The molecule has 0 aromatic heterocycles. The van der Waals surface area contributed by atoms with Crippen LogP contribution in [0.25, 0.3) is 0 Å². The maximum Gasteiger partial charge on any atom is 0.282 e. The fourth-order valence-electron chi connectivity index (χ4n) is 3.63. The summed E-state index contributed by atoms with van der Waals surface area (Å²) in [4.78, 5) is 0. The number of hydrogen-bond acceptors (Lipinski definition) is 3. The third kappa shape index (κ3) is 2.09. The van der Waals surface area contributed by atoms with Crippen molar-refractivity contribution in [2.24, 2.45) is 11.8 Å². The summed E-state index contributed by atoms with van der Waals surface area (Å²) in [5.41, 5.74) is 0. The third-order valence-corrected chi connectivity index (χ3v) is 6.87. The van der Waals surface area contributed by atoms with Gasteiger partial charge in [-0.2, -0.15) is 17.0 Å². The molecule has 3 fully saturated rings. The van der Waals surface area contributed by atoms with Gasteiger partial charge in [-0.15, -0.1) is 0 Å². The molecule has 1 saturated carbocycles. The molecule has 18 heavy (non-hydrogen) atoms. The first-order valence-corrected chi connectivity index (χ1v) is 8.38. The number of aliphatic hydroxyl groups excluding tert-OH is 1. The predicted octanol–water partition coefficient (Wildman–Crippen LogP) is 0.420. The topological polar surface area (TPSA) is 60.9 Å². The van der Waals surface area contributed by atoms with Gasteiger partial charge < -0.3 is 5.11 Å². The van der Waals surface area contributed by atoms with Crippen molar-refractivity contribution in [2.45, 2.75) is 38.1 Å². The van der Waals surface area contributed by atoms with Crippen LogP contribution < -0.4 is 0 Å². The zero-order valence-corrected chi connectivity index (χ0v) is 11.5. The molecular formula is C12H22N2O3S. The van der Waals surface area contributed by atoms with Gasteiger partial charge in [0.15, 0.2) is 0 Å². The second kappa shape index (κ2) is 4.74. The van der Waals surface area contributed by atoms with E-state index in [9.17, 15) is 8.42 Å². The minimum absolute atomic E-state index is 0.183. The molecule has 1 N–H and O–H groups in total. The highest BCUT2D eigenvalue weighted by Gasteiger charge is 2.46. The van der Waals surface area contributed by atoms with Gasteiger partial charge in [-0.1, -0.05) is 0 Å². The molecule has 2 aliphatic heterocycles. The Labute approximate surface area is 109 Å². The molecule has 2 saturated heterocycles. The Hall–Kier alpha value is -0.170. The second-order valence-corrected chi connectivity index (χ2v) is 7.82.